The van der Waals surface area contributed by atoms with E-state index in [9.17, 15) is 30.5 Å². The summed E-state index contributed by atoms with van der Waals surface area (Å²) in [5.74, 6) is -0.576. The lowest BCUT2D eigenvalue weighted by Gasteiger charge is -2.26. The van der Waals surface area contributed by atoms with Gasteiger partial charge in [-0.1, -0.05) is 18.2 Å². The van der Waals surface area contributed by atoms with E-state index < -0.39 is 22.2 Å². The number of aromatic nitrogens is 1. The first-order chi connectivity index (χ1) is 14.2. The van der Waals surface area contributed by atoms with Crippen LogP contribution in [0, 0.1) is 10.1 Å². The Morgan fingerprint density at radius 3 is 2.50 bits per heavy atom. The molecule has 3 heterocycles. The van der Waals surface area contributed by atoms with Crippen LogP contribution in [0.1, 0.15) is 30.9 Å². The van der Waals surface area contributed by atoms with Crippen LogP contribution in [0.25, 0.3) is 16.5 Å². The number of benzene rings is 2. The fourth-order valence-corrected chi connectivity index (χ4v) is 5.15. The van der Waals surface area contributed by atoms with Crippen molar-refractivity contribution in [3.63, 3.8) is 0 Å². The van der Waals surface area contributed by atoms with Crippen molar-refractivity contribution in [2.45, 2.75) is 37.1 Å². The molecule has 3 aromatic rings. The molecule has 30 heavy (non-hydrogen) atoms. The van der Waals surface area contributed by atoms with Crippen LogP contribution >= 0.6 is 0 Å². The average molecular weight is 412 g/mol. The van der Waals surface area contributed by atoms with Crippen LogP contribution in [0.2, 0.25) is 0 Å². The fraction of sp³-hybridized carbons (Fsp3) is 0.333. The molecule has 1 fully saturated rings. The molecular formula is C21H20N2O7. The summed E-state index contributed by atoms with van der Waals surface area (Å²) in [4.78, 5) is 10.9. The van der Waals surface area contributed by atoms with Crippen LogP contribution < -0.4 is 0 Å². The van der Waals surface area contributed by atoms with Crippen molar-refractivity contribution in [2.75, 3.05) is 6.61 Å². The molecule has 1 aromatic heterocycles. The molecule has 2 aliphatic heterocycles. The smallest absolute Gasteiger partial charge is 0.277 e. The summed E-state index contributed by atoms with van der Waals surface area (Å²) in [5, 5.41) is 54.7. The van der Waals surface area contributed by atoms with E-state index in [1.165, 1.54) is 16.7 Å². The number of aromatic hydroxyl groups is 2. The zero-order chi connectivity index (χ0) is 21.4. The maximum absolute atomic E-state index is 11.4. The number of fused-ring (bicyclic) bond motifs is 6. The topological polar surface area (TPSA) is 138 Å². The van der Waals surface area contributed by atoms with Crippen molar-refractivity contribution in [1.82, 2.24) is 4.57 Å². The van der Waals surface area contributed by atoms with Gasteiger partial charge >= 0.3 is 0 Å². The molecule has 9 heteroatoms. The zero-order valence-corrected chi connectivity index (χ0v) is 16.1. The first-order valence-electron chi connectivity index (χ1n) is 9.58. The van der Waals surface area contributed by atoms with E-state index in [0.29, 0.717) is 22.0 Å². The minimum absolute atomic E-state index is 0.0874. The van der Waals surface area contributed by atoms with Gasteiger partial charge in [0.1, 0.15) is 11.2 Å². The van der Waals surface area contributed by atoms with Crippen molar-refractivity contribution >= 4 is 16.5 Å². The summed E-state index contributed by atoms with van der Waals surface area (Å²) in [6.45, 7) is 1.41. The molecule has 2 aliphatic rings. The minimum atomic E-state index is -1.24. The molecule has 5 rings (SSSR count). The second-order valence-corrected chi connectivity index (χ2v) is 8.04. The van der Waals surface area contributed by atoms with Crippen molar-refractivity contribution < 1.29 is 30.1 Å². The summed E-state index contributed by atoms with van der Waals surface area (Å²) < 4.78 is 7.29. The molecule has 2 unspecified atom stereocenters. The van der Waals surface area contributed by atoms with Gasteiger partial charge in [0.05, 0.1) is 33.2 Å². The van der Waals surface area contributed by atoms with Gasteiger partial charge in [0.15, 0.2) is 0 Å². The number of aliphatic hydroxyl groups is 2. The number of nitrogens with zero attached hydrogens (tertiary/aromatic N) is 2. The van der Waals surface area contributed by atoms with E-state index in [1.54, 1.807) is 31.2 Å². The standard InChI is InChI=1S/C21H20N2O7/c1-20-15(25)10-21(30-20,8-9-24)17-16(20)18(26)22(19(17)27)13-6-7-14(23(28)29)12-5-3-2-4-11(12)13/h2-7,15,24-27H,8-10H2,1H3/t15-,20?,21?/m1/s1. The Kier molecular flexibility index (Phi) is 3.74. The molecule has 1 saturated heterocycles. The third-order valence-corrected chi connectivity index (χ3v) is 6.47. The zero-order valence-electron chi connectivity index (χ0n) is 16.1. The highest BCUT2D eigenvalue weighted by Gasteiger charge is 2.65. The van der Waals surface area contributed by atoms with E-state index in [0.717, 1.165) is 0 Å². The highest BCUT2D eigenvalue weighted by molar-refractivity contribution is 5.97. The van der Waals surface area contributed by atoms with Crippen LogP contribution in [0.4, 0.5) is 5.69 Å². The Hall–Kier alpha value is -3.14. The minimum Gasteiger partial charge on any atom is -0.494 e. The molecule has 4 N–H and O–H groups in total. The maximum atomic E-state index is 11.4. The van der Waals surface area contributed by atoms with Gasteiger partial charge in [0.25, 0.3) is 5.69 Å². The summed E-state index contributed by atoms with van der Waals surface area (Å²) >= 11 is 0. The van der Waals surface area contributed by atoms with Crippen molar-refractivity contribution in [3.05, 3.63) is 57.6 Å². The highest BCUT2D eigenvalue weighted by Crippen LogP contribution is 2.65. The lowest BCUT2D eigenvalue weighted by Crippen LogP contribution is -2.33. The van der Waals surface area contributed by atoms with E-state index in [2.05, 4.69) is 0 Å². The molecule has 0 aliphatic carbocycles. The number of ether oxygens (including phenoxy) is 1. The van der Waals surface area contributed by atoms with Crippen LogP contribution in [-0.4, -0.2) is 42.6 Å². The van der Waals surface area contributed by atoms with Gasteiger partial charge in [-0.3, -0.25) is 14.7 Å². The Morgan fingerprint density at radius 1 is 1.17 bits per heavy atom. The van der Waals surface area contributed by atoms with Gasteiger partial charge in [-0.15, -0.1) is 0 Å². The van der Waals surface area contributed by atoms with Crippen LogP contribution in [0.3, 0.4) is 0 Å². The Balaban J connectivity index is 1.82. The lowest BCUT2D eigenvalue weighted by molar-refractivity contribution is -0.383. The monoisotopic (exact) mass is 412 g/mol. The van der Waals surface area contributed by atoms with Gasteiger partial charge in [0, 0.05) is 30.9 Å². The predicted molar refractivity (Wildman–Crippen MR) is 106 cm³/mol. The van der Waals surface area contributed by atoms with E-state index in [-0.39, 0.29) is 42.5 Å². The summed E-state index contributed by atoms with van der Waals surface area (Å²) in [5.41, 5.74) is -1.48. The van der Waals surface area contributed by atoms with Gasteiger partial charge in [0.2, 0.25) is 11.8 Å². The number of nitro benzene ring substituents is 1. The molecule has 0 spiro atoms. The number of aliphatic hydroxyl groups excluding tert-OH is 2. The number of non-ortho nitro benzene ring substituents is 1. The van der Waals surface area contributed by atoms with Gasteiger partial charge in [-0.25, -0.2) is 0 Å². The van der Waals surface area contributed by atoms with Gasteiger partial charge in [-0.05, 0) is 19.1 Å². The largest absolute Gasteiger partial charge is 0.494 e. The highest BCUT2D eigenvalue weighted by atomic mass is 16.6. The second kappa shape index (κ2) is 5.94. The SMILES string of the molecule is CC12OC(CCO)(C[C@H]1O)c1c2c(O)n(-c2ccc([N+](=O)[O-])c3ccccc23)c1O. The first kappa shape index (κ1) is 18.9. The number of nitro groups is 1. The molecule has 0 amide bonds. The molecule has 156 valence electrons. The molecule has 0 saturated carbocycles. The van der Waals surface area contributed by atoms with Crippen molar-refractivity contribution in [1.29, 1.82) is 0 Å². The predicted octanol–water partition coefficient (Wildman–Crippen LogP) is 2.54. The second-order valence-electron chi connectivity index (χ2n) is 8.04. The lowest BCUT2D eigenvalue weighted by atomic mass is 9.76. The normalized spacial score (nSPS) is 27.0. The van der Waals surface area contributed by atoms with Crippen LogP contribution in [0.5, 0.6) is 11.8 Å². The summed E-state index contributed by atoms with van der Waals surface area (Å²) in [7, 11) is 0. The van der Waals surface area contributed by atoms with Gasteiger partial charge in [-0.2, -0.15) is 0 Å². The first-order valence-corrected chi connectivity index (χ1v) is 9.58. The van der Waals surface area contributed by atoms with E-state index in [4.69, 9.17) is 4.74 Å². The maximum Gasteiger partial charge on any atom is 0.277 e. The summed E-state index contributed by atoms with van der Waals surface area (Å²) in [6.07, 6.45) is -0.606. The molecule has 0 radical (unpaired) electrons. The molecular weight excluding hydrogens is 392 g/mol. The number of hydrogen-bond donors (Lipinski definition) is 4. The third kappa shape index (κ3) is 2.11. The van der Waals surface area contributed by atoms with Crippen LogP contribution in [0.15, 0.2) is 36.4 Å². The average Bonchev–Trinajstić information content (AvgIpc) is 3.23. The molecule has 2 aromatic carbocycles. The van der Waals surface area contributed by atoms with E-state index in [1.807, 2.05) is 0 Å². The number of hydrogen-bond acceptors (Lipinski definition) is 7. The molecule has 9 nitrogen and oxygen atoms in total. The number of rotatable bonds is 4. The van der Waals surface area contributed by atoms with E-state index >= 15 is 0 Å². The third-order valence-electron chi connectivity index (χ3n) is 6.47. The Bertz CT molecular complexity index is 1220. The van der Waals surface area contributed by atoms with Crippen LogP contribution in [-0.2, 0) is 15.9 Å². The van der Waals surface area contributed by atoms with Crippen molar-refractivity contribution in [2.24, 2.45) is 0 Å². The van der Waals surface area contributed by atoms with Crippen molar-refractivity contribution in [3.8, 4) is 17.4 Å². The Morgan fingerprint density at radius 2 is 1.83 bits per heavy atom. The Labute approximate surface area is 170 Å². The summed E-state index contributed by atoms with van der Waals surface area (Å²) in [6, 6.07) is 9.46. The quantitative estimate of drug-likeness (QED) is 0.381. The molecule has 2 bridgehead atoms. The fourth-order valence-electron chi connectivity index (χ4n) is 5.15. The van der Waals surface area contributed by atoms with Gasteiger partial charge < -0.3 is 25.2 Å². The molecule has 3 atom stereocenters.